The molecule has 0 spiro atoms. The van der Waals surface area contributed by atoms with E-state index in [0.29, 0.717) is 6.54 Å². The predicted molar refractivity (Wildman–Crippen MR) is 130 cm³/mol. The number of nitrogens with two attached hydrogens (primary N) is 1. The van der Waals surface area contributed by atoms with Crippen LogP contribution >= 0.6 is 24.0 Å². The van der Waals surface area contributed by atoms with Crippen LogP contribution in [0.15, 0.2) is 58.4 Å². The minimum atomic E-state index is -3.71. The molecule has 0 aliphatic carbocycles. The topological polar surface area (TPSA) is 100 Å². The summed E-state index contributed by atoms with van der Waals surface area (Å²) >= 11 is 0. The van der Waals surface area contributed by atoms with E-state index < -0.39 is 10.0 Å². The Kier molecular flexibility index (Phi) is 8.74. The first kappa shape index (κ1) is 24.2. The minimum absolute atomic E-state index is 0. The van der Waals surface area contributed by atoms with E-state index in [-0.39, 0.29) is 28.9 Å². The van der Waals surface area contributed by atoms with Gasteiger partial charge in [-0.25, -0.2) is 13.6 Å². The average Bonchev–Trinajstić information content (AvgIpc) is 2.74. The van der Waals surface area contributed by atoms with Gasteiger partial charge in [-0.15, -0.1) is 24.0 Å². The lowest BCUT2D eigenvalue weighted by atomic mass is 10.2. The third-order valence-corrected chi connectivity index (χ3v) is 5.80. The average molecular weight is 545 g/mol. The van der Waals surface area contributed by atoms with Crippen molar-refractivity contribution in [1.82, 2.24) is 10.2 Å². The maximum Gasteiger partial charge on any atom is 0.238 e. The van der Waals surface area contributed by atoms with Crippen LogP contribution in [0.1, 0.15) is 5.56 Å². The van der Waals surface area contributed by atoms with Gasteiger partial charge in [0.1, 0.15) is 5.75 Å². The van der Waals surface area contributed by atoms with Gasteiger partial charge in [0.2, 0.25) is 10.0 Å². The quantitative estimate of drug-likeness (QED) is 0.338. The Morgan fingerprint density at radius 1 is 1.13 bits per heavy atom. The lowest BCUT2D eigenvalue weighted by Crippen LogP contribution is -2.52. The van der Waals surface area contributed by atoms with Gasteiger partial charge in [-0.1, -0.05) is 18.2 Å². The van der Waals surface area contributed by atoms with E-state index in [2.05, 4.69) is 26.2 Å². The Labute approximate surface area is 195 Å². The van der Waals surface area contributed by atoms with Crippen molar-refractivity contribution in [2.24, 2.45) is 10.1 Å². The molecule has 3 rings (SSSR count). The van der Waals surface area contributed by atoms with Crippen molar-refractivity contribution in [3.63, 3.8) is 0 Å². The summed E-state index contributed by atoms with van der Waals surface area (Å²) in [7, 11) is -0.291. The number of hydrogen-bond donors (Lipinski definition) is 2. The van der Waals surface area contributed by atoms with E-state index in [1.165, 1.54) is 6.07 Å². The van der Waals surface area contributed by atoms with Crippen LogP contribution in [-0.2, 0) is 16.6 Å². The second kappa shape index (κ2) is 10.8. The molecule has 164 valence electrons. The smallest absolute Gasteiger partial charge is 0.238 e. The molecule has 2 aromatic rings. The number of ether oxygens (including phenoxy) is 1. The summed E-state index contributed by atoms with van der Waals surface area (Å²) < 4.78 is 28.4. The summed E-state index contributed by atoms with van der Waals surface area (Å²) in [5, 5.41) is 8.52. The number of methoxy groups -OCH3 is 1. The minimum Gasteiger partial charge on any atom is -0.497 e. The van der Waals surface area contributed by atoms with Crippen molar-refractivity contribution < 1.29 is 13.2 Å². The number of sulfonamides is 1. The molecule has 0 aromatic heterocycles. The first-order valence-electron chi connectivity index (χ1n) is 9.37. The van der Waals surface area contributed by atoms with Crippen molar-refractivity contribution in [2.75, 3.05) is 45.2 Å². The van der Waals surface area contributed by atoms with Gasteiger partial charge in [-0.2, -0.15) is 0 Å². The number of nitrogens with one attached hydrogen (secondary N) is 1. The first-order chi connectivity index (χ1) is 13.9. The SMILES string of the molecule is CN=C(NCc1cccc(S(N)(=O)=O)c1)N1CCN(c2cccc(OC)c2)CC1.I. The molecule has 2 aromatic carbocycles. The monoisotopic (exact) mass is 545 g/mol. The molecule has 10 heteroatoms. The lowest BCUT2D eigenvalue weighted by Gasteiger charge is -2.37. The van der Waals surface area contributed by atoms with Crippen LogP contribution in [0.25, 0.3) is 0 Å². The number of anilines is 1. The Balaban J connectivity index is 0.00000320. The molecule has 0 unspecified atom stereocenters. The van der Waals surface area contributed by atoms with Crippen LogP contribution in [-0.4, -0.2) is 59.6 Å². The normalized spacial score (nSPS) is 14.8. The van der Waals surface area contributed by atoms with Gasteiger partial charge in [-0.3, -0.25) is 4.99 Å². The van der Waals surface area contributed by atoms with Gasteiger partial charge < -0.3 is 19.9 Å². The zero-order chi connectivity index (χ0) is 20.9. The highest BCUT2D eigenvalue weighted by Crippen LogP contribution is 2.22. The molecule has 30 heavy (non-hydrogen) atoms. The van der Waals surface area contributed by atoms with E-state index in [9.17, 15) is 8.42 Å². The number of guanidine groups is 1. The van der Waals surface area contributed by atoms with Crippen LogP contribution in [0.4, 0.5) is 5.69 Å². The van der Waals surface area contributed by atoms with Crippen molar-refractivity contribution >= 4 is 45.6 Å². The molecule has 0 bridgehead atoms. The molecule has 1 saturated heterocycles. The maximum absolute atomic E-state index is 11.5. The molecule has 0 radical (unpaired) electrons. The molecule has 3 N–H and O–H groups in total. The van der Waals surface area contributed by atoms with E-state index >= 15 is 0 Å². The number of nitrogens with zero attached hydrogens (tertiary/aromatic N) is 3. The highest BCUT2D eigenvalue weighted by Gasteiger charge is 2.20. The molecular formula is C20H28IN5O3S. The van der Waals surface area contributed by atoms with Crippen LogP contribution in [0, 0.1) is 0 Å². The van der Waals surface area contributed by atoms with E-state index in [0.717, 1.165) is 49.1 Å². The molecular weight excluding hydrogens is 517 g/mol. The Hall–Kier alpha value is -2.05. The van der Waals surface area contributed by atoms with Gasteiger partial charge in [0.05, 0.1) is 12.0 Å². The van der Waals surface area contributed by atoms with Gasteiger partial charge in [0.25, 0.3) is 0 Å². The summed E-state index contributed by atoms with van der Waals surface area (Å²) in [6.45, 7) is 3.86. The van der Waals surface area contributed by atoms with Crippen LogP contribution in [0.3, 0.4) is 0 Å². The van der Waals surface area contributed by atoms with E-state index in [4.69, 9.17) is 9.88 Å². The number of primary sulfonamides is 1. The second-order valence-electron chi connectivity index (χ2n) is 6.77. The molecule has 0 saturated carbocycles. The fraction of sp³-hybridized carbons (Fsp3) is 0.350. The number of halogens is 1. The Bertz CT molecular complexity index is 976. The summed E-state index contributed by atoms with van der Waals surface area (Å²) in [5.41, 5.74) is 1.97. The fourth-order valence-electron chi connectivity index (χ4n) is 3.33. The zero-order valence-corrected chi connectivity index (χ0v) is 20.3. The molecule has 1 aliphatic rings. The molecule has 1 fully saturated rings. The second-order valence-corrected chi connectivity index (χ2v) is 8.33. The number of piperazine rings is 1. The Morgan fingerprint density at radius 3 is 2.47 bits per heavy atom. The maximum atomic E-state index is 11.5. The third kappa shape index (κ3) is 6.22. The standard InChI is InChI=1S/C20H27N5O3S.HI/c1-22-20(23-15-16-5-3-8-19(13-16)29(21,26)27)25-11-9-24(10-12-25)17-6-4-7-18(14-17)28-2;/h3-8,13-14H,9-12,15H2,1-2H3,(H,22,23)(H2,21,26,27);1H. The van der Waals surface area contributed by atoms with Crippen molar-refractivity contribution in [3.05, 3.63) is 54.1 Å². The van der Waals surface area contributed by atoms with Crippen molar-refractivity contribution in [2.45, 2.75) is 11.4 Å². The van der Waals surface area contributed by atoms with Crippen LogP contribution in [0.5, 0.6) is 5.75 Å². The summed E-state index contributed by atoms with van der Waals surface area (Å²) in [4.78, 5) is 9.00. The molecule has 0 atom stereocenters. The zero-order valence-electron chi connectivity index (χ0n) is 17.1. The van der Waals surface area contributed by atoms with E-state index in [1.807, 2.05) is 24.3 Å². The summed E-state index contributed by atoms with van der Waals surface area (Å²) in [6, 6.07) is 14.7. The predicted octanol–water partition coefficient (Wildman–Crippen LogP) is 1.86. The molecule has 1 heterocycles. The number of hydrogen-bond acceptors (Lipinski definition) is 5. The van der Waals surface area contributed by atoms with Gasteiger partial charge >= 0.3 is 0 Å². The van der Waals surface area contributed by atoms with E-state index in [1.54, 1.807) is 26.3 Å². The van der Waals surface area contributed by atoms with Gasteiger partial charge in [-0.05, 0) is 29.8 Å². The molecule has 8 nitrogen and oxygen atoms in total. The first-order valence-corrected chi connectivity index (χ1v) is 10.9. The molecule has 1 aliphatic heterocycles. The fourth-order valence-corrected chi connectivity index (χ4v) is 3.91. The van der Waals surface area contributed by atoms with Crippen molar-refractivity contribution in [3.8, 4) is 5.75 Å². The highest BCUT2D eigenvalue weighted by atomic mass is 127. The highest BCUT2D eigenvalue weighted by molar-refractivity contribution is 14.0. The third-order valence-electron chi connectivity index (χ3n) is 4.89. The van der Waals surface area contributed by atoms with Gasteiger partial charge in [0.15, 0.2) is 5.96 Å². The lowest BCUT2D eigenvalue weighted by molar-refractivity contribution is 0.372. The van der Waals surface area contributed by atoms with Crippen molar-refractivity contribution in [1.29, 1.82) is 0 Å². The number of aliphatic imine (C=N–C) groups is 1. The number of benzene rings is 2. The van der Waals surface area contributed by atoms with Gasteiger partial charge in [0, 0.05) is 51.5 Å². The van der Waals surface area contributed by atoms with Crippen LogP contribution in [0.2, 0.25) is 0 Å². The summed E-state index contributed by atoms with van der Waals surface area (Å²) in [6.07, 6.45) is 0. The molecule has 0 amide bonds. The number of rotatable bonds is 5. The largest absolute Gasteiger partial charge is 0.497 e. The Morgan fingerprint density at radius 2 is 1.83 bits per heavy atom. The summed E-state index contributed by atoms with van der Waals surface area (Å²) in [5.74, 6) is 1.64. The van der Waals surface area contributed by atoms with Crippen LogP contribution < -0.4 is 20.1 Å².